The fourth-order valence-corrected chi connectivity index (χ4v) is 1.81. The predicted molar refractivity (Wildman–Crippen MR) is 68.9 cm³/mol. The van der Waals surface area contributed by atoms with Gasteiger partial charge in [-0.15, -0.1) is 11.8 Å². The standard InChI is InChI=1S/C11H12N4OS/c1-7-10(13-11(16)15-14-7)12-8-4-3-5-9(6-8)17-2/h3-6H,1-2H3,(H2,12,13,15,16). The number of aromatic amines is 1. The van der Waals surface area contributed by atoms with Gasteiger partial charge in [-0.3, -0.25) is 0 Å². The third-order valence-corrected chi connectivity index (χ3v) is 2.93. The second-order valence-electron chi connectivity index (χ2n) is 3.43. The van der Waals surface area contributed by atoms with Crippen molar-refractivity contribution in [3.05, 3.63) is 40.4 Å². The number of benzene rings is 1. The van der Waals surface area contributed by atoms with Crippen LogP contribution in [0.5, 0.6) is 0 Å². The van der Waals surface area contributed by atoms with Crippen molar-refractivity contribution in [1.29, 1.82) is 0 Å². The molecule has 0 bridgehead atoms. The summed E-state index contributed by atoms with van der Waals surface area (Å²) in [5.74, 6) is 0.479. The monoisotopic (exact) mass is 248 g/mol. The molecule has 2 rings (SSSR count). The van der Waals surface area contributed by atoms with Crippen LogP contribution in [-0.2, 0) is 0 Å². The van der Waals surface area contributed by atoms with Crippen molar-refractivity contribution >= 4 is 23.3 Å². The molecule has 0 aliphatic heterocycles. The second-order valence-corrected chi connectivity index (χ2v) is 4.31. The summed E-state index contributed by atoms with van der Waals surface area (Å²) < 4.78 is 0. The summed E-state index contributed by atoms with van der Waals surface area (Å²) in [7, 11) is 0. The molecule has 1 aromatic carbocycles. The summed E-state index contributed by atoms with van der Waals surface area (Å²) in [6.07, 6.45) is 2.01. The molecule has 0 atom stereocenters. The molecule has 5 nitrogen and oxygen atoms in total. The lowest BCUT2D eigenvalue weighted by Crippen LogP contribution is -2.15. The van der Waals surface area contributed by atoms with Crippen molar-refractivity contribution in [2.24, 2.45) is 0 Å². The predicted octanol–water partition coefficient (Wildman–Crippen LogP) is 1.94. The third kappa shape index (κ3) is 2.85. The molecule has 0 radical (unpaired) electrons. The molecule has 2 aromatic rings. The van der Waals surface area contributed by atoms with Gasteiger partial charge in [-0.25, -0.2) is 9.89 Å². The van der Waals surface area contributed by atoms with Gasteiger partial charge >= 0.3 is 5.69 Å². The molecule has 0 unspecified atom stereocenters. The number of anilines is 2. The van der Waals surface area contributed by atoms with Crippen LogP contribution in [0.15, 0.2) is 34.0 Å². The summed E-state index contributed by atoms with van der Waals surface area (Å²) in [6, 6.07) is 7.88. The van der Waals surface area contributed by atoms with Gasteiger partial charge in [0, 0.05) is 10.6 Å². The van der Waals surface area contributed by atoms with E-state index in [1.165, 1.54) is 0 Å². The average Bonchev–Trinajstić information content (AvgIpc) is 2.34. The quantitative estimate of drug-likeness (QED) is 0.812. The van der Waals surface area contributed by atoms with Gasteiger partial charge in [0.1, 0.15) is 5.69 Å². The van der Waals surface area contributed by atoms with E-state index in [2.05, 4.69) is 20.5 Å². The van der Waals surface area contributed by atoms with Crippen LogP contribution in [0.4, 0.5) is 11.5 Å². The smallest absolute Gasteiger partial charge is 0.338 e. The molecule has 0 fully saturated rings. The minimum Gasteiger partial charge on any atom is -0.338 e. The zero-order valence-electron chi connectivity index (χ0n) is 9.52. The highest BCUT2D eigenvalue weighted by Gasteiger charge is 2.03. The number of nitrogens with one attached hydrogen (secondary N) is 2. The first-order valence-corrected chi connectivity index (χ1v) is 6.26. The van der Waals surface area contributed by atoms with Crippen LogP contribution >= 0.6 is 11.8 Å². The largest absolute Gasteiger partial charge is 0.363 e. The van der Waals surface area contributed by atoms with E-state index in [9.17, 15) is 4.79 Å². The van der Waals surface area contributed by atoms with Crippen LogP contribution in [-0.4, -0.2) is 21.4 Å². The first-order chi connectivity index (χ1) is 8.19. The zero-order valence-corrected chi connectivity index (χ0v) is 10.3. The summed E-state index contributed by atoms with van der Waals surface area (Å²) in [5.41, 5.74) is 1.08. The van der Waals surface area contributed by atoms with E-state index in [1.54, 1.807) is 18.7 Å². The van der Waals surface area contributed by atoms with Crippen LogP contribution in [0.25, 0.3) is 0 Å². The highest BCUT2D eigenvalue weighted by molar-refractivity contribution is 7.98. The summed E-state index contributed by atoms with van der Waals surface area (Å²) in [5, 5.41) is 9.22. The van der Waals surface area contributed by atoms with E-state index in [-0.39, 0.29) is 0 Å². The number of aryl methyl sites for hydroxylation is 1. The molecule has 2 N–H and O–H groups in total. The number of thioether (sulfide) groups is 1. The summed E-state index contributed by atoms with van der Waals surface area (Å²) >= 11 is 1.66. The molecule has 1 heterocycles. The zero-order chi connectivity index (χ0) is 12.3. The van der Waals surface area contributed by atoms with Crippen LogP contribution in [0.1, 0.15) is 5.69 Å². The molecule has 0 spiro atoms. The first kappa shape index (κ1) is 11.7. The molecule has 0 aliphatic rings. The molecular weight excluding hydrogens is 236 g/mol. The molecular formula is C11H12N4OS. The number of aromatic nitrogens is 3. The molecule has 1 aromatic heterocycles. The van der Waals surface area contributed by atoms with E-state index < -0.39 is 5.69 Å². The van der Waals surface area contributed by atoms with Crippen molar-refractivity contribution in [3.63, 3.8) is 0 Å². The van der Waals surface area contributed by atoms with E-state index in [4.69, 9.17) is 0 Å². The first-order valence-electron chi connectivity index (χ1n) is 5.03. The normalized spacial score (nSPS) is 10.2. The van der Waals surface area contributed by atoms with Gasteiger partial charge in [-0.05, 0) is 31.4 Å². The van der Waals surface area contributed by atoms with Gasteiger partial charge in [-0.1, -0.05) is 6.07 Å². The number of hydrogen-bond acceptors (Lipinski definition) is 5. The molecule has 0 amide bonds. The lowest BCUT2D eigenvalue weighted by molar-refractivity contribution is 0.885. The van der Waals surface area contributed by atoms with Gasteiger partial charge < -0.3 is 5.32 Å². The van der Waals surface area contributed by atoms with Crippen LogP contribution < -0.4 is 11.0 Å². The Kier molecular flexibility index (Phi) is 3.43. The Balaban J connectivity index is 2.30. The van der Waals surface area contributed by atoms with Gasteiger partial charge in [-0.2, -0.15) is 10.1 Å². The summed E-state index contributed by atoms with van der Waals surface area (Å²) in [4.78, 5) is 16.1. The Morgan fingerprint density at radius 2 is 2.24 bits per heavy atom. The SMILES string of the molecule is CSc1cccc(Nc2nc(=O)[nH]nc2C)c1. The van der Waals surface area contributed by atoms with Gasteiger partial charge in [0.15, 0.2) is 5.82 Å². The summed E-state index contributed by atoms with van der Waals surface area (Å²) in [6.45, 7) is 1.78. The van der Waals surface area contributed by atoms with Crippen molar-refractivity contribution in [1.82, 2.24) is 15.2 Å². The Morgan fingerprint density at radius 3 is 3.00 bits per heavy atom. The fraction of sp³-hybridized carbons (Fsp3) is 0.182. The lowest BCUT2D eigenvalue weighted by Gasteiger charge is -2.07. The third-order valence-electron chi connectivity index (χ3n) is 2.21. The van der Waals surface area contributed by atoms with Crippen molar-refractivity contribution < 1.29 is 0 Å². The minimum absolute atomic E-state index is 0.459. The van der Waals surface area contributed by atoms with Crippen molar-refractivity contribution in [3.8, 4) is 0 Å². The molecule has 88 valence electrons. The number of hydrogen-bond donors (Lipinski definition) is 2. The van der Waals surface area contributed by atoms with Crippen LogP contribution in [0.3, 0.4) is 0 Å². The second kappa shape index (κ2) is 5.01. The molecule has 0 aliphatic carbocycles. The van der Waals surface area contributed by atoms with Crippen molar-refractivity contribution in [2.75, 3.05) is 11.6 Å². The van der Waals surface area contributed by atoms with Crippen LogP contribution in [0, 0.1) is 6.92 Å². The number of H-pyrrole nitrogens is 1. The highest BCUT2D eigenvalue weighted by atomic mass is 32.2. The van der Waals surface area contributed by atoms with E-state index in [0.717, 1.165) is 10.6 Å². The number of nitrogens with zero attached hydrogens (tertiary/aromatic N) is 2. The maximum absolute atomic E-state index is 11.1. The maximum atomic E-state index is 11.1. The van der Waals surface area contributed by atoms with Crippen LogP contribution in [0.2, 0.25) is 0 Å². The van der Waals surface area contributed by atoms with E-state index >= 15 is 0 Å². The lowest BCUT2D eigenvalue weighted by atomic mass is 10.3. The van der Waals surface area contributed by atoms with Crippen molar-refractivity contribution in [2.45, 2.75) is 11.8 Å². The molecule has 6 heteroatoms. The molecule has 0 saturated heterocycles. The van der Waals surface area contributed by atoms with Gasteiger partial charge in [0.05, 0.1) is 0 Å². The Morgan fingerprint density at radius 1 is 1.41 bits per heavy atom. The highest BCUT2D eigenvalue weighted by Crippen LogP contribution is 2.21. The van der Waals surface area contributed by atoms with E-state index in [1.807, 2.05) is 30.5 Å². The Labute approximate surface area is 103 Å². The van der Waals surface area contributed by atoms with E-state index in [0.29, 0.717) is 11.5 Å². The number of rotatable bonds is 3. The maximum Gasteiger partial charge on any atom is 0.363 e. The topological polar surface area (TPSA) is 70.7 Å². The average molecular weight is 248 g/mol. The minimum atomic E-state index is -0.459. The fourth-order valence-electron chi connectivity index (χ4n) is 1.35. The Bertz CT molecular complexity index is 582. The molecule has 0 saturated carbocycles. The van der Waals surface area contributed by atoms with Gasteiger partial charge in [0.25, 0.3) is 0 Å². The Hall–Kier alpha value is -1.82. The molecule has 17 heavy (non-hydrogen) atoms. The van der Waals surface area contributed by atoms with Gasteiger partial charge in [0.2, 0.25) is 0 Å².